The van der Waals surface area contributed by atoms with Crippen molar-refractivity contribution in [1.29, 1.82) is 0 Å². The van der Waals surface area contributed by atoms with Crippen molar-refractivity contribution < 1.29 is 4.39 Å². The second-order valence-corrected chi connectivity index (χ2v) is 5.68. The molecule has 0 spiro atoms. The van der Waals surface area contributed by atoms with Gasteiger partial charge in [0, 0.05) is 12.5 Å². The molecule has 1 nitrogen and oxygen atoms in total. The molecule has 0 aromatic rings. The molecule has 15 heavy (non-hydrogen) atoms. The van der Waals surface area contributed by atoms with E-state index in [1.165, 1.54) is 25.7 Å². The van der Waals surface area contributed by atoms with E-state index in [4.69, 9.17) is 0 Å². The Labute approximate surface area is 92.8 Å². The van der Waals surface area contributed by atoms with E-state index < -0.39 is 5.67 Å². The third kappa shape index (κ3) is 2.93. The summed E-state index contributed by atoms with van der Waals surface area (Å²) in [7, 11) is 0. The van der Waals surface area contributed by atoms with Crippen molar-refractivity contribution in [2.75, 3.05) is 13.1 Å². The second-order valence-electron chi connectivity index (χ2n) is 5.68. The van der Waals surface area contributed by atoms with Crippen molar-refractivity contribution in [3.8, 4) is 0 Å². The topological polar surface area (TPSA) is 12.0 Å². The van der Waals surface area contributed by atoms with Crippen LogP contribution in [0.15, 0.2) is 0 Å². The summed E-state index contributed by atoms with van der Waals surface area (Å²) in [4.78, 5) is 0. The molecular formula is C13H24FN. The summed E-state index contributed by atoms with van der Waals surface area (Å²) in [5, 5.41) is 3.33. The van der Waals surface area contributed by atoms with Crippen LogP contribution in [-0.2, 0) is 0 Å². The van der Waals surface area contributed by atoms with Crippen molar-refractivity contribution in [3.63, 3.8) is 0 Å². The number of nitrogens with one attached hydrogen (secondary N) is 1. The average molecular weight is 213 g/mol. The van der Waals surface area contributed by atoms with Gasteiger partial charge < -0.3 is 5.32 Å². The largest absolute Gasteiger partial charge is 0.316 e. The van der Waals surface area contributed by atoms with Gasteiger partial charge in [-0.1, -0.05) is 25.7 Å². The second kappa shape index (κ2) is 4.82. The summed E-state index contributed by atoms with van der Waals surface area (Å²) in [6.07, 6.45) is 8.20. The van der Waals surface area contributed by atoms with Gasteiger partial charge in [0.2, 0.25) is 0 Å². The predicted octanol–water partition coefficient (Wildman–Crippen LogP) is 3.29. The molecule has 0 amide bonds. The van der Waals surface area contributed by atoms with Crippen LogP contribution in [0, 0.1) is 11.8 Å². The lowest BCUT2D eigenvalue weighted by Crippen LogP contribution is -2.42. The Morgan fingerprint density at radius 1 is 1.20 bits per heavy atom. The Balaban J connectivity index is 1.86. The highest BCUT2D eigenvalue weighted by Gasteiger charge is 2.37. The van der Waals surface area contributed by atoms with Crippen LogP contribution in [0.2, 0.25) is 0 Å². The molecule has 2 unspecified atom stereocenters. The van der Waals surface area contributed by atoms with Gasteiger partial charge in [-0.2, -0.15) is 0 Å². The van der Waals surface area contributed by atoms with E-state index in [9.17, 15) is 4.39 Å². The molecule has 2 fully saturated rings. The summed E-state index contributed by atoms with van der Waals surface area (Å²) < 4.78 is 14.6. The maximum absolute atomic E-state index is 14.6. The van der Waals surface area contributed by atoms with Gasteiger partial charge in [0.25, 0.3) is 0 Å². The van der Waals surface area contributed by atoms with Crippen LogP contribution in [0.5, 0.6) is 0 Å². The van der Waals surface area contributed by atoms with Crippen LogP contribution in [0.25, 0.3) is 0 Å². The molecule has 0 aromatic carbocycles. The fourth-order valence-corrected chi connectivity index (χ4v) is 3.31. The van der Waals surface area contributed by atoms with Gasteiger partial charge in [-0.3, -0.25) is 0 Å². The maximum atomic E-state index is 14.6. The molecule has 1 saturated heterocycles. The van der Waals surface area contributed by atoms with E-state index in [2.05, 4.69) is 5.32 Å². The Bertz CT molecular complexity index is 191. The van der Waals surface area contributed by atoms with Gasteiger partial charge in [0.05, 0.1) is 0 Å². The van der Waals surface area contributed by atoms with Gasteiger partial charge in [0.15, 0.2) is 0 Å². The van der Waals surface area contributed by atoms with Crippen molar-refractivity contribution >= 4 is 0 Å². The minimum atomic E-state index is -0.928. The molecule has 1 saturated carbocycles. The first-order chi connectivity index (χ1) is 7.18. The van der Waals surface area contributed by atoms with Crippen molar-refractivity contribution in [1.82, 2.24) is 5.32 Å². The van der Waals surface area contributed by atoms with E-state index in [0.29, 0.717) is 5.92 Å². The Hall–Kier alpha value is -0.110. The first-order valence-electron chi connectivity index (χ1n) is 6.58. The summed E-state index contributed by atoms with van der Waals surface area (Å²) in [6, 6.07) is 0. The fourth-order valence-electron chi connectivity index (χ4n) is 3.31. The average Bonchev–Trinajstić information content (AvgIpc) is 2.71. The van der Waals surface area contributed by atoms with Gasteiger partial charge in [-0.05, 0) is 38.6 Å². The highest BCUT2D eigenvalue weighted by molar-refractivity contribution is 4.89. The molecule has 1 aliphatic carbocycles. The third-order valence-corrected chi connectivity index (χ3v) is 4.31. The number of hydrogen-bond donors (Lipinski definition) is 1. The molecule has 2 rings (SSSR count). The number of alkyl halides is 1. The van der Waals surface area contributed by atoms with Crippen LogP contribution in [-0.4, -0.2) is 18.8 Å². The fraction of sp³-hybridized carbons (Fsp3) is 1.00. The molecule has 1 N–H and O–H groups in total. The molecule has 2 aliphatic rings. The molecular weight excluding hydrogens is 189 g/mol. The molecule has 2 heteroatoms. The first kappa shape index (κ1) is 11.4. The minimum Gasteiger partial charge on any atom is -0.316 e. The first-order valence-corrected chi connectivity index (χ1v) is 6.58. The van der Waals surface area contributed by atoms with Crippen LogP contribution >= 0.6 is 0 Å². The van der Waals surface area contributed by atoms with Crippen molar-refractivity contribution in [2.45, 2.75) is 57.5 Å². The van der Waals surface area contributed by atoms with Crippen molar-refractivity contribution in [2.24, 2.45) is 11.8 Å². The molecule has 2 atom stereocenters. The lowest BCUT2D eigenvalue weighted by Gasteiger charge is -2.35. The SMILES string of the molecule is CC(F)(CC1CCCC1)C1CCCNC1. The van der Waals surface area contributed by atoms with Crippen LogP contribution in [0.3, 0.4) is 0 Å². The number of piperidine rings is 1. The molecule has 88 valence electrons. The zero-order valence-corrected chi connectivity index (χ0v) is 9.90. The van der Waals surface area contributed by atoms with Gasteiger partial charge >= 0.3 is 0 Å². The normalized spacial score (nSPS) is 32.8. The molecule has 1 aliphatic heterocycles. The molecule has 0 aromatic heterocycles. The van der Waals surface area contributed by atoms with E-state index in [-0.39, 0.29) is 5.92 Å². The quantitative estimate of drug-likeness (QED) is 0.758. The lowest BCUT2D eigenvalue weighted by atomic mass is 9.79. The smallest absolute Gasteiger partial charge is 0.112 e. The number of halogens is 1. The third-order valence-electron chi connectivity index (χ3n) is 4.31. The predicted molar refractivity (Wildman–Crippen MR) is 61.7 cm³/mol. The van der Waals surface area contributed by atoms with Gasteiger partial charge in [0.1, 0.15) is 5.67 Å². The van der Waals surface area contributed by atoms with Crippen LogP contribution in [0.4, 0.5) is 4.39 Å². The lowest BCUT2D eigenvalue weighted by molar-refractivity contribution is 0.0565. The van der Waals surface area contributed by atoms with Crippen LogP contribution < -0.4 is 5.32 Å². The maximum Gasteiger partial charge on any atom is 0.112 e. The Morgan fingerprint density at radius 2 is 1.93 bits per heavy atom. The van der Waals surface area contributed by atoms with Gasteiger partial charge in [-0.25, -0.2) is 4.39 Å². The molecule has 0 radical (unpaired) electrons. The highest BCUT2D eigenvalue weighted by Crippen LogP contribution is 2.38. The molecule has 1 heterocycles. The monoisotopic (exact) mass is 213 g/mol. The Kier molecular flexibility index (Phi) is 3.65. The molecule has 0 bridgehead atoms. The zero-order valence-electron chi connectivity index (χ0n) is 9.90. The number of rotatable bonds is 3. The van der Waals surface area contributed by atoms with E-state index in [1.54, 1.807) is 0 Å². The van der Waals surface area contributed by atoms with E-state index in [1.807, 2.05) is 6.92 Å². The van der Waals surface area contributed by atoms with Crippen molar-refractivity contribution in [3.05, 3.63) is 0 Å². The summed E-state index contributed by atoms with van der Waals surface area (Å²) in [6.45, 7) is 3.80. The summed E-state index contributed by atoms with van der Waals surface area (Å²) in [5.74, 6) is 0.925. The van der Waals surface area contributed by atoms with Crippen LogP contribution in [0.1, 0.15) is 51.9 Å². The summed E-state index contributed by atoms with van der Waals surface area (Å²) in [5.41, 5.74) is -0.928. The summed E-state index contributed by atoms with van der Waals surface area (Å²) >= 11 is 0. The zero-order chi connectivity index (χ0) is 10.7. The van der Waals surface area contributed by atoms with E-state index >= 15 is 0 Å². The Morgan fingerprint density at radius 3 is 2.53 bits per heavy atom. The van der Waals surface area contributed by atoms with Gasteiger partial charge in [-0.15, -0.1) is 0 Å². The van der Waals surface area contributed by atoms with E-state index in [0.717, 1.165) is 32.4 Å². The number of hydrogen-bond acceptors (Lipinski definition) is 1. The standard InChI is InChI=1S/C13H24FN/c1-13(14,9-11-5-2-3-6-11)12-7-4-8-15-10-12/h11-12,15H,2-10H2,1H3. The minimum absolute atomic E-state index is 0.256. The highest BCUT2D eigenvalue weighted by atomic mass is 19.1.